The van der Waals surface area contributed by atoms with Crippen LogP contribution in [-0.4, -0.2) is 15.9 Å². The number of anilines is 2. The monoisotopic (exact) mass is 196 g/mol. The van der Waals surface area contributed by atoms with Gasteiger partial charge in [0.2, 0.25) is 11.1 Å². The third-order valence-corrected chi connectivity index (χ3v) is 2.53. The first kappa shape index (κ1) is 8.50. The van der Waals surface area contributed by atoms with E-state index in [1.54, 1.807) is 0 Å². The molecule has 0 aromatic carbocycles. The van der Waals surface area contributed by atoms with Crippen LogP contribution in [0.25, 0.3) is 0 Å². The Bertz CT molecular complexity index is 303. The minimum atomic E-state index is 0.346. The van der Waals surface area contributed by atoms with E-state index >= 15 is 0 Å². The number of hydrogen-bond donors (Lipinski definition) is 2. The molecule has 3 N–H and O–H groups in total. The second kappa shape index (κ2) is 3.74. The summed E-state index contributed by atoms with van der Waals surface area (Å²) < 4.78 is 3.86. The van der Waals surface area contributed by atoms with E-state index in [1.165, 1.54) is 24.4 Å². The van der Waals surface area contributed by atoms with Crippen molar-refractivity contribution in [2.24, 2.45) is 5.92 Å². The fraction of sp³-hybridized carbons (Fsp3) is 0.500. The number of nitrogens with zero attached hydrogens (tertiary/aromatic N) is 2. The van der Waals surface area contributed by atoms with Gasteiger partial charge in [0.15, 0.2) is 0 Å². The number of aromatic nitrogens is 2. The molecule has 0 saturated heterocycles. The standard InChI is InChI=1S/C8H12N4S/c9-7-11-8(13-12-7)10-5-1-2-6-3-4-6/h1-2,6H,3-5H2,(H3,9,10,11,12)/b2-1+. The summed E-state index contributed by atoms with van der Waals surface area (Å²) in [5.41, 5.74) is 5.37. The molecular formula is C8H12N4S. The molecule has 4 nitrogen and oxygen atoms in total. The van der Waals surface area contributed by atoms with Gasteiger partial charge < -0.3 is 11.1 Å². The van der Waals surface area contributed by atoms with Crippen LogP contribution in [0.3, 0.4) is 0 Å². The Kier molecular flexibility index (Phi) is 2.44. The van der Waals surface area contributed by atoms with Gasteiger partial charge in [-0.25, -0.2) is 0 Å². The molecule has 0 atom stereocenters. The lowest BCUT2D eigenvalue weighted by Crippen LogP contribution is -1.97. The number of allylic oxidation sites excluding steroid dienone is 1. The van der Waals surface area contributed by atoms with E-state index in [1.807, 2.05) is 0 Å². The first-order chi connectivity index (χ1) is 6.34. The Hall–Kier alpha value is -1.10. The van der Waals surface area contributed by atoms with Gasteiger partial charge in [0, 0.05) is 18.1 Å². The highest BCUT2D eigenvalue weighted by Gasteiger charge is 2.16. The van der Waals surface area contributed by atoms with Crippen LogP contribution in [0.2, 0.25) is 0 Å². The summed E-state index contributed by atoms with van der Waals surface area (Å²) in [6, 6.07) is 0. The molecule has 0 aliphatic heterocycles. The SMILES string of the molecule is Nc1nsc(NC/C=C/C2CC2)n1. The molecule has 13 heavy (non-hydrogen) atoms. The van der Waals surface area contributed by atoms with Crippen LogP contribution < -0.4 is 11.1 Å². The molecule has 1 aliphatic carbocycles. The van der Waals surface area contributed by atoms with Gasteiger partial charge in [-0.2, -0.15) is 9.36 Å². The number of nitrogens with two attached hydrogens (primary N) is 1. The lowest BCUT2D eigenvalue weighted by Gasteiger charge is -1.94. The fourth-order valence-corrected chi connectivity index (χ4v) is 1.51. The molecule has 0 amide bonds. The van der Waals surface area contributed by atoms with E-state index in [-0.39, 0.29) is 0 Å². The largest absolute Gasteiger partial charge is 0.367 e. The molecule has 1 heterocycles. The Balaban J connectivity index is 1.72. The van der Waals surface area contributed by atoms with Gasteiger partial charge in [0.1, 0.15) is 0 Å². The van der Waals surface area contributed by atoms with Gasteiger partial charge in [-0.15, -0.1) is 0 Å². The highest BCUT2D eigenvalue weighted by molar-refractivity contribution is 7.09. The fourth-order valence-electron chi connectivity index (χ4n) is 1.00. The van der Waals surface area contributed by atoms with E-state index in [9.17, 15) is 0 Å². The predicted octanol–water partition coefficient (Wildman–Crippen LogP) is 1.50. The average Bonchev–Trinajstić information content (AvgIpc) is 2.84. The molecule has 70 valence electrons. The van der Waals surface area contributed by atoms with Crippen molar-refractivity contribution in [2.45, 2.75) is 12.8 Å². The number of hydrogen-bond acceptors (Lipinski definition) is 5. The van der Waals surface area contributed by atoms with Gasteiger partial charge in [-0.1, -0.05) is 12.2 Å². The van der Waals surface area contributed by atoms with E-state index < -0.39 is 0 Å². The summed E-state index contributed by atoms with van der Waals surface area (Å²) in [6.07, 6.45) is 7.08. The van der Waals surface area contributed by atoms with Crippen molar-refractivity contribution in [3.63, 3.8) is 0 Å². The van der Waals surface area contributed by atoms with E-state index in [2.05, 4.69) is 26.8 Å². The lowest BCUT2D eigenvalue weighted by molar-refractivity contribution is 1.11. The molecule has 1 aromatic heterocycles. The highest BCUT2D eigenvalue weighted by Crippen LogP contribution is 2.29. The highest BCUT2D eigenvalue weighted by atomic mass is 32.1. The Labute approximate surface area is 81.0 Å². The number of nitrogen functional groups attached to an aromatic ring is 1. The van der Waals surface area contributed by atoms with Crippen LogP contribution in [-0.2, 0) is 0 Å². The third-order valence-electron chi connectivity index (χ3n) is 1.84. The molecule has 0 bridgehead atoms. The number of nitrogens with one attached hydrogen (secondary N) is 1. The molecule has 1 fully saturated rings. The summed E-state index contributed by atoms with van der Waals surface area (Å²) in [5, 5.41) is 3.92. The molecule has 0 spiro atoms. The van der Waals surface area contributed by atoms with Crippen molar-refractivity contribution in [3.8, 4) is 0 Å². The maximum atomic E-state index is 5.37. The summed E-state index contributed by atoms with van der Waals surface area (Å²) in [5.74, 6) is 1.18. The summed E-state index contributed by atoms with van der Waals surface area (Å²) in [7, 11) is 0. The van der Waals surface area contributed by atoms with Crippen LogP contribution in [0.15, 0.2) is 12.2 Å². The molecule has 0 radical (unpaired) electrons. The van der Waals surface area contributed by atoms with Crippen molar-refractivity contribution in [1.82, 2.24) is 9.36 Å². The van der Waals surface area contributed by atoms with Gasteiger partial charge in [-0.05, 0) is 18.8 Å². The molecule has 1 aromatic rings. The summed E-state index contributed by atoms with van der Waals surface area (Å²) in [6.45, 7) is 0.811. The minimum Gasteiger partial charge on any atom is -0.367 e. The van der Waals surface area contributed by atoms with Gasteiger partial charge in [-0.3, -0.25) is 0 Å². The second-order valence-electron chi connectivity index (χ2n) is 3.10. The summed E-state index contributed by atoms with van der Waals surface area (Å²) in [4.78, 5) is 3.98. The molecule has 2 rings (SSSR count). The normalized spacial score (nSPS) is 16.6. The van der Waals surface area contributed by atoms with E-state index in [4.69, 9.17) is 5.73 Å². The van der Waals surface area contributed by atoms with E-state index in [0.717, 1.165) is 17.6 Å². The van der Waals surface area contributed by atoms with Gasteiger partial charge in [0.05, 0.1) is 0 Å². The summed E-state index contributed by atoms with van der Waals surface area (Å²) >= 11 is 1.29. The van der Waals surface area contributed by atoms with Crippen molar-refractivity contribution < 1.29 is 0 Å². The first-order valence-corrected chi connectivity index (χ1v) is 5.11. The van der Waals surface area contributed by atoms with Crippen molar-refractivity contribution in [3.05, 3.63) is 12.2 Å². The van der Waals surface area contributed by atoms with Gasteiger partial charge >= 0.3 is 0 Å². The average molecular weight is 196 g/mol. The maximum absolute atomic E-state index is 5.37. The zero-order valence-electron chi connectivity index (χ0n) is 7.23. The van der Waals surface area contributed by atoms with Crippen LogP contribution in [0.5, 0.6) is 0 Å². The minimum absolute atomic E-state index is 0.346. The zero-order valence-corrected chi connectivity index (χ0v) is 8.05. The third kappa shape index (κ3) is 2.69. The first-order valence-electron chi connectivity index (χ1n) is 4.34. The van der Waals surface area contributed by atoms with E-state index in [0.29, 0.717) is 5.95 Å². The Morgan fingerprint density at radius 1 is 1.62 bits per heavy atom. The van der Waals surface area contributed by atoms with Crippen LogP contribution in [0.1, 0.15) is 12.8 Å². The second-order valence-corrected chi connectivity index (χ2v) is 3.86. The molecule has 5 heteroatoms. The molecule has 1 aliphatic rings. The molecule has 1 saturated carbocycles. The van der Waals surface area contributed by atoms with Crippen LogP contribution >= 0.6 is 11.5 Å². The zero-order chi connectivity index (χ0) is 9.10. The quantitative estimate of drug-likeness (QED) is 0.716. The Morgan fingerprint density at radius 2 is 2.46 bits per heavy atom. The topological polar surface area (TPSA) is 63.8 Å². The maximum Gasteiger partial charge on any atom is 0.233 e. The van der Waals surface area contributed by atoms with Crippen molar-refractivity contribution in [2.75, 3.05) is 17.6 Å². The lowest BCUT2D eigenvalue weighted by atomic mass is 10.4. The van der Waals surface area contributed by atoms with Crippen LogP contribution in [0.4, 0.5) is 11.1 Å². The Morgan fingerprint density at radius 3 is 3.08 bits per heavy atom. The van der Waals surface area contributed by atoms with Crippen molar-refractivity contribution >= 4 is 22.6 Å². The molecule has 0 unspecified atom stereocenters. The molecular weight excluding hydrogens is 184 g/mol. The van der Waals surface area contributed by atoms with Gasteiger partial charge in [0.25, 0.3) is 0 Å². The van der Waals surface area contributed by atoms with Crippen molar-refractivity contribution in [1.29, 1.82) is 0 Å². The predicted molar refractivity (Wildman–Crippen MR) is 54.7 cm³/mol. The smallest absolute Gasteiger partial charge is 0.233 e. The number of rotatable bonds is 4. The van der Waals surface area contributed by atoms with Crippen LogP contribution in [0, 0.1) is 5.92 Å².